The fourth-order valence-corrected chi connectivity index (χ4v) is 6.02. The Labute approximate surface area is 263 Å². The summed E-state index contributed by atoms with van der Waals surface area (Å²) in [6.07, 6.45) is 9.25. The van der Waals surface area contributed by atoms with E-state index in [2.05, 4.69) is 18.3 Å². The van der Waals surface area contributed by atoms with Gasteiger partial charge in [0.2, 0.25) is 0 Å². The minimum Gasteiger partial charge on any atom is -0.457 e. The predicted molar refractivity (Wildman–Crippen MR) is 169 cm³/mol. The molecular weight excluding hydrogens is 564 g/mol. The van der Waals surface area contributed by atoms with Gasteiger partial charge in [0.15, 0.2) is 6.10 Å². The monoisotopic (exact) mass is 620 g/mol. The SMILES string of the molecule is CC[C@@H](O)[C@@H](C)[C@H]1O[C@@H]1C[C@@H](C)/C=C/C=C(\C)[C@H]1OC(=O)C[C@@H](O)CC[C@](C)(OC)C(OC(=O)N2CCNCC2)/C=C/[C@@H]1C. The van der Waals surface area contributed by atoms with Crippen LogP contribution in [0.2, 0.25) is 0 Å². The maximum atomic E-state index is 13.1. The highest BCUT2D eigenvalue weighted by molar-refractivity contribution is 5.70. The Bertz CT molecular complexity index is 1020. The smallest absolute Gasteiger partial charge is 0.410 e. The highest BCUT2D eigenvalue weighted by Gasteiger charge is 2.45. The topological polar surface area (TPSA) is 130 Å². The van der Waals surface area contributed by atoms with Crippen molar-refractivity contribution in [2.45, 2.75) is 116 Å². The van der Waals surface area contributed by atoms with Gasteiger partial charge < -0.3 is 39.4 Å². The summed E-state index contributed by atoms with van der Waals surface area (Å²) >= 11 is 0. The van der Waals surface area contributed by atoms with Crippen LogP contribution in [0.25, 0.3) is 0 Å². The number of piperazine rings is 1. The number of allylic oxidation sites excluding steroid dienone is 3. The lowest BCUT2D eigenvalue weighted by molar-refractivity contribution is -0.151. The van der Waals surface area contributed by atoms with Crippen LogP contribution in [0, 0.1) is 17.8 Å². The van der Waals surface area contributed by atoms with Crippen LogP contribution in [0.5, 0.6) is 0 Å². The average molecular weight is 621 g/mol. The number of nitrogens with one attached hydrogen (secondary N) is 1. The molecule has 10 heteroatoms. The normalized spacial score (nSPS) is 35.2. The molecule has 10 atom stereocenters. The van der Waals surface area contributed by atoms with Gasteiger partial charge in [-0.1, -0.05) is 52.0 Å². The summed E-state index contributed by atoms with van der Waals surface area (Å²) in [7, 11) is 1.57. The lowest BCUT2D eigenvalue weighted by Gasteiger charge is -2.37. The highest BCUT2D eigenvalue weighted by Crippen LogP contribution is 2.36. The first-order valence-electron chi connectivity index (χ1n) is 16.3. The van der Waals surface area contributed by atoms with Crippen LogP contribution in [-0.2, 0) is 23.7 Å². The van der Waals surface area contributed by atoms with E-state index in [4.69, 9.17) is 18.9 Å². The van der Waals surface area contributed by atoms with Crippen LogP contribution in [-0.4, -0.2) is 103 Å². The summed E-state index contributed by atoms with van der Waals surface area (Å²) in [6, 6.07) is 0. The van der Waals surface area contributed by atoms with Crippen LogP contribution in [0.3, 0.4) is 0 Å². The first-order valence-corrected chi connectivity index (χ1v) is 16.3. The van der Waals surface area contributed by atoms with Crippen LogP contribution in [0.1, 0.15) is 73.6 Å². The van der Waals surface area contributed by atoms with E-state index in [1.165, 1.54) is 0 Å². The van der Waals surface area contributed by atoms with E-state index in [9.17, 15) is 19.8 Å². The summed E-state index contributed by atoms with van der Waals surface area (Å²) in [4.78, 5) is 27.6. The number of epoxide rings is 1. The van der Waals surface area contributed by atoms with Gasteiger partial charge in [-0.05, 0) is 57.1 Å². The van der Waals surface area contributed by atoms with E-state index in [0.29, 0.717) is 32.6 Å². The number of hydrogen-bond donors (Lipinski definition) is 3. The third-order valence-corrected chi connectivity index (χ3v) is 9.39. The van der Waals surface area contributed by atoms with Crippen LogP contribution in [0.15, 0.2) is 36.0 Å². The minimum atomic E-state index is -0.916. The molecule has 250 valence electrons. The van der Waals surface area contributed by atoms with Gasteiger partial charge >= 0.3 is 12.1 Å². The fraction of sp³-hybridized carbons (Fsp3) is 0.765. The molecule has 10 nitrogen and oxygen atoms in total. The number of esters is 1. The maximum absolute atomic E-state index is 13.1. The number of ether oxygens (including phenoxy) is 4. The minimum absolute atomic E-state index is 0.108. The molecule has 2 saturated heterocycles. The van der Waals surface area contributed by atoms with Crippen molar-refractivity contribution in [2.24, 2.45) is 17.8 Å². The number of nitrogens with zero attached hydrogens (tertiary/aromatic N) is 1. The number of cyclic esters (lactones) is 1. The Morgan fingerprint density at radius 2 is 1.98 bits per heavy atom. The molecule has 1 unspecified atom stereocenters. The zero-order chi connectivity index (χ0) is 32.4. The Kier molecular flexibility index (Phi) is 13.9. The van der Waals surface area contributed by atoms with Crippen LogP contribution < -0.4 is 5.32 Å². The third-order valence-electron chi connectivity index (χ3n) is 9.39. The van der Waals surface area contributed by atoms with Gasteiger partial charge in [0.25, 0.3) is 0 Å². The second-order valence-corrected chi connectivity index (χ2v) is 13.1. The molecule has 0 aliphatic carbocycles. The summed E-state index contributed by atoms with van der Waals surface area (Å²) in [5, 5.41) is 24.0. The summed E-state index contributed by atoms with van der Waals surface area (Å²) in [5.41, 5.74) is -0.0467. The molecule has 0 bridgehead atoms. The number of methoxy groups -OCH3 is 1. The Morgan fingerprint density at radius 1 is 1.27 bits per heavy atom. The molecule has 0 aromatic heterocycles. The van der Waals surface area contributed by atoms with Crippen molar-refractivity contribution in [3.05, 3.63) is 36.0 Å². The molecule has 0 spiro atoms. The first kappa shape index (κ1) is 36.2. The molecule has 2 fully saturated rings. The van der Waals surface area contributed by atoms with Crippen molar-refractivity contribution in [2.75, 3.05) is 33.3 Å². The summed E-state index contributed by atoms with van der Waals surface area (Å²) < 4.78 is 23.7. The number of aliphatic hydroxyl groups is 2. The van der Waals surface area contributed by atoms with E-state index in [1.807, 2.05) is 58.9 Å². The van der Waals surface area contributed by atoms with Gasteiger partial charge in [0.1, 0.15) is 11.7 Å². The second kappa shape index (κ2) is 16.9. The van der Waals surface area contributed by atoms with Gasteiger partial charge in [-0.15, -0.1) is 0 Å². The molecule has 0 radical (unpaired) electrons. The van der Waals surface area contributed by atoms with Gasteiger partial charge in [0, 0.05) is 45.1 Å². The lowest BCUT2D eigenvalue weighted by atomic mass is 9.88. The molecule has 1 amide bonds. The van der Waals surface area contributed by atoms with Crippen LogP contribution >= 0.6 is 0 Å². The van der Waals surface area contributed by atoms with Crippen molar-refractivity contribution < 1.29 is 38.7 Å². The molecule has 3 rings (SSSR count). The highest BCUT2D eigenvalue weighted by atomic mass is 16.6. The second-order valence-electron chi connectivity index (χ2n) is 13.1. The number of aliphatic hydroxyl groups excluding tert-OH is 2. The zero-order valence-electron chi connectivity index (χ0n) is 27.7. The number of carbonyl (C=O) groups is 2. The van der Waals surface area contributed by atoms with Crippen LogP contribution in [0.4, 0.5) is 4.79 Å². The molecule has 0 aromatic rings. The quantitative estimate of drug-likeness (QED) is 0.143. The third kappa shape index (κ3) is 10.4. The Balaban J connectivity index is 1.74. The van der Waals surface area contributed by atoms with Crippen molar-refractivity contribution >= 4 is 12.1 Å². The van der Waals surface area contributed by atoms with Crippen molar-refractivity contribution in [1.82, 2.24) is 10.2 Å². The molecule has 0 aromatic carbocycles. The molecule has 3 N–H and O–H groups in total. The molecule has 0 saturated carbocycles. The molecule has 44 heavy (non-hydrogen) atoms. The van der Waals surface area contributed by atoms with E-state index >= 15 is 0 Å². The standard InChI is InChI=1S/C34H56N2O8/c1-8-27(38)25(5)32-28(42-32)20-22(2)10-9-11-23(3)31-24(4)12-13-29(43-33(40)36-18-16-35-17-19-36)34(6,41-7)15-14-26(37)21-30(39)44-31/h9-13,22,24-29,31-32,35,37-38H,8,14-21H2,1-7H3/b10-9+,13-12+,23-11+/t22-,24-,25+,26-,27+,28+,29?,31+,32+,34-/m0/s1. The van der Waals surface area contributed by atoms with Gasteiger partial charge in [0.05, 0.1) is 30.8 Å². The molecule has 3 aliphatic rings. The Morgan fingerprint density at radius 3 is 2.64 bits per heavy atom. The number of amides is 1. The number of rotatable bonds is 10. The van der Waals surface area contributed by atoms with E-state index in [1.54, 1.807) is 12.0 Å². The summed E-state index contributed by atoms with van der Waals surface area (Å²) in [6.45, 7) is 14.5. The van der Waals surface area contributed by atoms with Gasteiger partial charge in [-0.25, -0.2) is 4.79 Å². The van der Waals surface area contributed by atoms with Crippen molar-refractivity contribution in [3.63, 3.8) is 0 Å². The number of hydrogen-bond acceptors (Lipinski definition) is 9. The molecule has 3 heterocycles. The molecule has 3 aliphatic heterocycles. The van der Waals surface area contributed by atoms with Gasteiger partial charge in [-0.3, -0.25) is 4.79 Å². The largest absolute Gasteiger partial charge is 0.457 e. The van der Waals surface area contributed by atoms with Crippen molar-refractivity contribution in [1.29, 1.82) is 0 Å². The zero-order valence-corrected chi connectivity index (χ0v) is 27.7. The fourth-order valence-electron chi connectivity index (χ4n) is 6.02. The molecular formula is C34H56N2O8. The van der Waals surface area contributed by atoms with E-state index in [0.717, 1.165) is 18.4 Å². The van der Waals surface area contributed by atoms with Crippen molar-refractivity contribution in [3.8, 4) is 0 Å². The Hall–Kier alpha value is -2.24. The maximum Gasteiger partial charge on any atom is 0.410 e. The average Bonchev–Trinajstić information content (AvgIpc) is 3.78. The lowest BCUT2D eigenvalue weighted by Crippen LogP contribution is -2.50. The number of carbonyl (C=O) groups excluding carboxylic acids is 2. The van der Waals surface area contributed by atoms with E-state index in [-0.39, 0.29) is 48.9 Å². The van der Waals surface area contributed by atoms with E-state index < -0.39 is 36.0 Å². The summed E-state index contributed by atoms with van der Waals surface area (Å²) in [5.74, 6) is -0.316. The predicted octanol–water partition coefficient (Wildman–Crippen LogP) is 4.15. The van der Waals surface area contributed by atoms with Gasteiger partial charge in [-0.2, -0.15) is 0 Å². The first-order chi connectivity index (χ1) is 20.9.